The number of rotatable bonds is 8. The first kappa shape index (κ1) is 27.7. The first-order valence-corrected chi connectivity index (χ1v) is 14.8. The predicted molar refractivity (Wildman–Crippen MR) is 163 cm³/mol. The molecule has 212 valence electrons. The van der Waals surface area contributed by atoms with Crippen LogP contribution in [0.5, 0.6) is 0 Å². The first-order chi connectivity index (χ1) is 20.1. The number of carbonyl (C=O) groups excluding carboxylic acids is 1. The van der Waals surface area contributed by atoms with E-state index in [1.54, 1.807) is 30.5 Å². The van der Waals surface area contributed by atoms with Crippen LogP contribution in [0.2, 0.25) is 0 Å². The number of hydrogen-bond acceptors (Lipinski definition) is 8. The molecule has 0 unspecified atom stereocenters. The van der Waals surface area contributed by atoms with Gasteiger partial charge in [0.25, 0.3) is 0 Å². The van der Waals surface area contributed by atoms with Crippen LogP contribution in [0, 0.1) is 0 Å². The fourth-order valence-electron chi connectivity index (χ4n) is 5.51. The second-order valence-electron chi connectivity index (χ2n) is 10.7. The Labute approximate surface area is 249 Å². The van der Waals surface area contributed by atoms with Gasteiger partial charge in [-0.15, -0.1) is 22.7 Å². The summed E-state index contributed by atoms with van der Waals surface area (Å²) in [6, 6.07) is 21.4. The molecule has 0 aliphatic heterocycles. The maximum atomic E-state index is 11.5. The SMILES string of the molecule is CC1(O)CC(NC(=O)O)(c2ccc(-c3nc(-c4cnc(-c5ccc(CC(N)=O)nc5)s4)sc3-c3ccccc3)cc2)C1. The van der Waals surface area contributed by atoms with Gasteiger partial charge in [0.15, 0.2) is 0 Å². The summed E-state index contributed by atoms with van der Waals surface area (Å²) in [5, 5.41) is 24.1. The molecule has 42 heavy (non-hydrogen) atoms. The zero-order chi connectivity index (χ0) is 29.5. The monoisotopic (exact) mass is 597 g/mol. The summed E-state index contributed by atoms with van der Waals surface area (Å²) < 4.78 is 0. The smallest absolute Gasteiger partial charge is 0.405 e. The van der Waals surface area contributed by atoms with Gasteiger partial charge >= 0.3 is 6.09 Å². The van der Waals surface area contributed by atoms with Crippen molar-refractivity contribution in [3.63, 3.8) is 0 Å². The van der Waals surface area contributed by atoms with E-state index in [1.165, 1.54) is 11.3 Å². The van der Waals surface area contributed by atoms with Crippen molar-refractivity contribution in [1.29, 1.82) is 0 Å². The number of amides is 2. The first-order valence-electron chi connectivity index (χ1n) is 13.2. The Morgan fingerprint density at radius 2 is 1.62 bits per heavy atom. The van der Waals surface area contributed by atoms with Crippen LogP contribution in [0.25, 0.3) is 42.2 Å². The Bertz CT molecular complexity index is 1760. The second kappa shape index (κ2) is 10.8. The lowest BCUT2D eigenvalue weighted by molar-refractivity contribution is -0.117. The zero-order valence-electron chi connectivity index (χ0n) is 22.6. The topological polar surface area (TPSA) is 151 Å². The molecular formula is C31H27N5O4S2. The molecule has 3 heterocycles. The maximum Gasteiger partial charge on any atom is 0.405 e. The van der Waals surface area contributed by atoms with Crippen molar-refractivity contribution in [1.82, 2.24) is 20.3 Å². The van der Waals surface area contributed by atoms with Crippen LogP contribution in [-0.2, 0) is 16.8 Å². The standard InChI is InChI=1S/C31H27N5O4S2/c1-30(40)16-31(17-30,36-29(38)39)21-10-7-18(8-11-21)25-26(19-5-3-2-4-6-19)42-28(35-25)23-15-34-27(41-23)20-9-12-22(33-14-20)13-24(32)37/h2-12,14-15,36,40H,13,16-17H2,1H3,(H2,32,37)(H,38,39). The molecule has 0 saturated heterocycles. The Balaban J connectivity index is 1.34. The van der Waals surface area contributed by atoms with Crippen molar-refractivity contribution < 1.29 is 19.8 Å². The molecule has 0 bridgehead atoms. The molecule has 1 saturated carbocycles. The highest BCUT2D eigenvalue weighted by molar-refractivity contribution is 7.25. The molecule has 2 amide bonds. The van der Waals surface area contributed by atoms with E-state index in [2.05, 4.69) is 27.4 Å². The number of hydrogen-bond donors (Lipinski definition) is 4. The molecule has 9 nitrogen and oxygen atoms in total. The van der Waals surface area contributed by atoms with Gasteiger partial charge < -0.3 is 21.3 Å². The number of aromatic nitrogens is 3. The number of pyridine rings is 1. The Morgan fingerprint density at radius 1 is 0.905 bits per heavy atom. The molecule has 1 aliphatic carbocycles. The summed E-state index contributed by atoms with van der Waals surface area (Å²) in [7, 11) is 0. The summed E-state index contributed by atoms with van der Waals surface area (Å²) in [6.07, 6.45) is 3.08. The number of carboxylic acid groups (broad SMARTS) is 1. The number of thiazole rings is 2. The Morgan fingerprint density at radius 3 is 2.24 bits per heavy atom. The third-order valence-electron chi connectivity index (χ3n) is 7.23. The number of nitrogens with two attached hydrogens (primary N) is 1. The van der Waals surface area contributed by atoms with E-state index in [0.717, 1.165) is 47.7 Å². The minimum atomic E-state index is -1.12. The largest absolute Gasteiger partial charge is 0.465 e. The van der Waals surface area contributed by atoms with E-state index in [-0.39, 0.29) is 6.42 Å². The molecule has 11 heteroatoms. The van der Waals surface area contributed by atoms with E-state index >= 15 is 0 Å². The molecule has 0 atom stereocenters. The number of nitrogens with one attached hydrogen (secondary N) is 1. The molecule has 1 aliphatic rings. The Kier molecular flexibility index (Phi) is 7.09. The fraction of sp³-hybridized carbons (Fsp3) is 0.194. The highest BCUT2D eigenvalue weighted by Crippen LogP contribution is 2.49. The number of aliphatic hydroxyl groups is 1. The van der Waals surface area contributed by atoms with Crippen molar-refractivity contribution in [2.24, 2.45) is 5.73 Å². The van der Waals surface area contributed by atoms with Gasteiger partial charge in [-0.3, -0.25) is 9.78 Å². The molecule has 1 fully saturated rings. The molecule has 6 rings (SSSR count). The van der Waals surface area contributed by atoms with Gasteiger partial charge in [0.05, 0.1) is 33.0 Å². The molecule has 2 aromatic carbocycles. The van der Waals surface area contributed by atoms with Gasteiger partial charge in [0.1, 0.15) is 10.0 Å². The van der Waals surface area contributed by atoms with Crippen molar-refractivity contribution >= 4 is 34.7 Å². The van der Waals surface area contributed by atoms with Crippen molar-refractivity contribution in [2.45, 2.75) is 37.3 Å². The van der Waals surface area contributed by atoms with E-state index in [1.807, 2.05) is 54.7 Å². The van der Waals surface area contributed by atoms with Gasteiger partial charge in [-0.2, -0.15) is 0 Å². The minimum absolute atomic E-state index is 0.0897. The lowest BCUT2D eigenvalue weighted by atomic mass is 9.62. The van der Waals surface area contributed by atoms with Crippen LogP contribution in [-0.4, -0.2) is 42.8 Å². The summed E-state index contributed by atoms with van der Waals surface area (Å²) in [6.45, 7) is 1.71. The van der Waals surface area contributed by atoms with E-state index in [0.29, 0.717) is 18.5 Å². The number of nitrogens with zero attached hydrogens (tertiary/aromatic N) is 3. The molecule has 0 radical (unpaired) electrons. The highest BCUT2D eigenvalue weighted by atomic mass is 32.1. The van der Waals surface area contributed by atoms with Crippen molar-refractivity contribution in [3.05, 3.63) is 90.4 Å². The third kappa shape index (κ3) is 5.54. The van der Waals surface area contributed by atoms with Crippen LogP contribution in [0.1, 0.15) is 31.0 Å². The summed E-state index contributed by atoms with van der Waals surface area (Å²) in [5.74, 6) is -0.428. The van der Waals surface area contributed by atoms with Crippen molar-refractivity contribution in [2.75, 3.05) is 0 Å². The van der Waals surface area contributed by atoms with Gasteiger partial charge in [0, 0.05) is 42.1 Å². The fourth-order valence-corrected chi connectivity index (χ4v) is 7.55. The average Bonchev–Trinajstić information content (AvgIpc) is 3.61. The van der Waals surface area contributed by atoms with Crippen molar-refractivity contribution in [3.8, 4) is 42.2 Å². The van der Waals surface area contributed by atoms with Crippen LogP contribution < -0.4 is 11.1 Å². The highest BCUT2D eigenvalue weighted by Gasteiger charge is 2.53. The van der Waals surface area contributed by atoms with E-state index in [9.17, 15) is 19.8 Å². The molecular weight excluding hydrogens is 571 g/mol. The second-order valence-corrected chi connectivity index (χ2v) is 12.7. The van der Waals surface area contributed by atoms with Crippen LogP contribution in [0.3, 0.4) is 0 Å². The van der Waals surface area contributed by atoms with E-state index < -0.39 is 23.1 Å². The van der Waals surface area contributed by atoms with Crippen LogP contribution in [0.15, 0.2) is 79.1 Å². The molecule has 0 spiro atoms. The summed E-state index contributed by atoms with van der Waals surface area (Å²) >= 11 is 3.09. The molecule has 5 N–H and O–H groups in total. The summed E-state index contributed by atoms with van der Waals surface area (Å²) in [4.78, 5) is 38.6. The predicted octanol–water partition coefficient (Wildman–Crippen LogP) is 5.70. The lowest BCUT2D eigenvalue weighted by Crippen LogP contribution is -2.61. The van der Waals surface area contributed by atoms with Gasteiger partial charge in [0.2, 0.25) is 5.91 Å². The quantitative estimate of drug-likeness (QED) is 0.179. The van der Waals surface area contributed by atoms with Crippen LogP contribution in [0.4, 0.5) is 4.79 Å². The zero-order valence-corrected chi connectivity index (χ0v) is 24.2. The molecule has 5 aromatic rings. The van der Waals surface area contributed by atoms with Gasteiger partial charge in [-0.25, -0.2) is 14.8 Å². The average molecular weight is 598 g/mol. The lowest BCUT2D eigenvalue weighted by Gasteiger charge is -2.51. The summed E-state index contributed by atoms with van der Waals surface area (Å²) in [5.41, 5.74) is 8.55. The normalized spacial score (nSPS) is 19.7. The number of carbonyl (C=O) groups is 2. The number of benzene rings is 2. The molecule has 3 aromatic heterocycles. The van der Waals surface area contributed by atoms with Gasteiger partial charge in [-0.1, -0.05) is 54.6 Å². The maximum absolute atomic E-state index is 11.5. The Hall–Kier alpha value is -4.45. The van der Waals surface area contributed by atoms with E-state index in [4.69, 9.17) is 10.7 Å². The van der Waals surface area contributed by atoms with Gasteiger partial charge in [-0.05, 0) is 30.2 Å². The van der Waals surface area contributed by atoms with Crippen LogP contribution >= 0.6 is 22.7 Å². The third-order valence-corrected chi connectivity index (χ3v) is 9.55. The number of primary amides is 1. The minimum Gasteiger partial charge on any atom is -0.465 e.